The highest BCUT2D eigenvalue weighted by molar-refractivity contribution is 6.32. The molecule has 100 valence electrons. The maximum Gasteiger partial charge on any atom is 0.137 e. The second-order valence-corrected chi connectivity index (χ2v) is 5.15. The molecule has 3 nitrogen and oxygen atoms in total. The Morgan fingerprint density at radius 3 is 2.72 bits per heavy atom. The maximum atomic E-state index is 6.24. The van der Waals surface area contributed by atoms with E-state index in [4.69, 9.17) is 26.8 Å². The number of halogens is 1. The molecule has 0 aromatic heterocycles. The Hall–Kier alpha value is -0.770. The Bertz CT molecular complexity index is 405. The van der Waals surface area contributed by atoms with Crippen molar-refractivity contribution in [2.75, 3.05) is 26.4 Å². The maximum absolute atomic E-state index is 6.24. The van der Waals surface area contributed by atoms with Crippen LogP contribution in [0.25, 0.3) is 0 Å². The molecule has 1 fully saturated rings. The molecule has 2 rings (SSSR count). The number of ether oxygens (including phenoxy) is 2. The van der Waals surface area contributed by atoms with Crippen molar-refractivity contribution in [3.8, 4) is 5.75 Å². The number of hydrogen-bond acceptors (Lipinski definition) is 3. The van der Waals surface area contributed by atoms with E-state index in [9.17, 15) is 0 Å². The van der Waals surface area contributed by atoms with Crippen molar-refractivity contribution >= 4 is 11.6 Å². The molecule has 1 aromatic rings. The molecule has 18 heavy (non-hydrogen) atoms. The third-order valence-electron chi connectivity index (χ3n) is 3.46. The summed E-state index contributed by atoms with van der Waals surface area (Å²) in [6, 6.07) is 6.05. The Labute approximate surface area is 113 Å². The zero-order valence-corrected chi connectivity index (χ0v) is 11.5. The SMILES string of the molecule is CCOc1ccc(C2(CCCN)COC2)cc1Cl. The molecule has 0 bridgehead atoms. The van der Waals surface area contributed by atoms with Crippen molar-refractivity contribution < 1.29 is 9.47 Å². The van der Waals surface area contributed by atoms with Gasteiger partial charge in [-0.05, 0) is 44.0 Å². The molecule has 0 spiro atoms. The van der Waals surface area contributed by atoms with Gasteiger partial charge in [0.15, 0.2) is 0 Å². The molecular formula is C14H20ClNO2. The molecular weight excluding hydrogens is 250 g/mol. The number of nitrogens with two attached hydrogens (primary N) is 1. The van der Waals surface area contributed by atoms with Crippen LogP contribution < -0.4 is 10.5 Å². The van der Waals surface area contributed by atoms with Gasteiger partial charge in [-0.3, -0.25) is 0 Å². The van der Waals surface area contributed by atoms with Crippen LogP contribution >= 0.6 is 11.6 Å². The van der Waals surface area contributed by atoms with Gasteiger partial charge in [0.25, 0.3) is 0 Å². The Morgan fingerprint density at radius 2 is 2.22 bits per heavy atom. The van der Waals surface area contributed by atoms with Crippen molar-refractivity contribution in [3.05, 3.63) is 28.8 Å². The first-order valence-corrected chi connectivity index (χ1v) is 6.80. The average Bonchev–Trinajstić information content (AvgIpc) is 2.31. The first-order valence-electron chi connectivity index (χ1n) is 6.42. The van der Waals surface area contributed by atoms with Crippen molar-refractivity contribution in [2.45, 2.75) is 25.2 Å². The molecule has 0 radical (unpaired) electrons. The van der Waals surface area contributed by atoms with E-state index in [1.54, 1.807) is 0 Å². The molecule has 0 amide bonds. The van der Waals surface area contributed by atoms with Gasteiger partial charge in [-0.25, -0.2) is 0 Å². The van der Waals surface area contributed by atoms with Crippen LogP contribution in [0.5, 0.6) is 5.75 Å². The molecule has 0 unspecified atom stereocenters. The minimum atomic E-state index is 0.105. The fraction of sp³-hybridized carbons (Fsp3) is 0.571. The van der Waals surface area contributed by atoms with Gasteiger partial charge in [0.05, 0.1) is 24.8 Å². The lowest BCUT2D eigenvalue weighted by Crippen LogP contribution is -2.47. The van der Waals surface area contributed by atoms with E-state index in [0.717, 1.165) is 31.8 Å². The summed E-state index contributed by atoms with van der Waals surface area (Å²) in [4.78, 5) is 0. The van der Waals surface area contributed by atoms with E-state index < -0.39 is 0 Å². The lowest BCUT2D eigenvalue weighted by molar-refractivity contribution is -0.0649. The first-order chi connectivity index (χ1) is 8.72. The standard InChI is InChI=1S/C14H20ClNO2/c1-2-18-13-5-4-11(8-12(13)15)14(6-3-7-16)9-17-10-14/h4-5,8H,2-3,6-7,9-10,16H2,1H3. The van der Waals surface area contributed by atoms with Gasteiger partial charge in [-0.2, -0.15) is 0 Å². The van der Waals surface area contributed by atoms with Gasteiger partial charge >= 0.3 is 0 Å². The normalized spacial score (nSPS) is 17.3. The van der Waals surface area contributed by atoms with Crippen molar-refractivity contribution in [3.63, 3.8) is 0 Å². The van der Waals surface area contributed by atoms with Crippen molar-refractivity contribution in [1.29, 1.82) is 0 Å². The Kier molecular flexibility index (Phi) is 4.49. The Balaban J connectivity index is 2.18. The molecule has 0 aliphatic carbocycles. The largest absolute Gasteiger partial charge is 0.492 e. The van der Waals surface area contributed by atoms with Crippen molar-refractivity contribution in [1.82, 2.24) is 0 Å². The highest BCUT2D eigenvalue weighted by Crippen LogP contribution is 2.39. The van der Waals surface area contributed by atoms with E-state index in [-0.39, 0.29) is 5.41 Å². The van der Waals surface area contributed by atoms with Crippen LogP contribution in [-0.2, 0) is 10.2 Å². The van der Waals surface area contributed by atoms with Gasteiger partial charge in [0.1, 0.15) is 5.75 Å². The highest BCUT2D eigenvalue weighted by atomic mass is 35.5. The molecule has 1 saturated heterocycles. The van der Waals surface area contributed by atoms with Crippen LogP contribution in [0.15, 0.2) is 18.2 Å². The van der Waals surface area contributed by atoms with Crippen LogP contribution in [0.1, 0.15) is 25.3 Å². The summed E-state index contributed by atoms with van der Waals surface area (Å²) in [6.45, 7) is 4.81. The average molecular weight is 270 g/mol. The minimum Gasteiger partial charge on any atom is -0.492 e. The molecule has 1 heterocycles. The molecule has 1 aliphatic heterocycles. The monoisotopic (exact) mass is 269 g/mol. The van der Waals surface area contributed by atoms with E-state index >= 15 is 0 Å². The fourth-order valence-electron chi connectivity index (χ4n) is 2.35. The summed E-state index contributed by atoms with van der Waals surface area (Å²) in [5.74, 6) is 0.747. The predicted molar refractivity (Wildman–Crippen MR) is 73.4 cm³/mol. The molecule has 4 heteroatoms. The summed E-state index contributed by atoms with van der Waals surface area (Å²) in [7, 11) is 0. The topological polar surface area (TPSA) is 44.5 Å². The van der Waals surface area contributed by atoms with Crippen LogP contribution in [-0.4, -0.2) is 26.4 Å². The number of hydrogen-bond donors (Lipinski definition) is 1. The summed E-state index contributed by atoms with van der Waals surface area (Å²) >= 11 is 6.24. The summed E-state index contributed by atoms with van der Waals surface area (Å²) in [5.41, 5.74) is 6.94. The zero-order chi connectivity index (χ0) is 13.0. The van der Waals surface area contributed by atoms with E-state index in [1.165, 1.54) is 5.56 Å². The van der Waals surface area contributed by atoms with Gasteiger partial charge in [-0.1, -0.05) is 17.7 Å². The van der Waals surface area contributed by atoms with E-state index in [1.807, 2.05) is 19.1 Å². The molecule has 0 atom stereocenters. The molecule has 1 aliphatic rings. The predicted octanol–water partition coefficient (Wildman–Crippen LogP) is 2.75. The van der Waals surface area contributed by atoms with Crippen LogP contribution in [0, 0.1) is 0 Å². The lowest BCUT2D eigenvalue weighted by atomic mass is 9.75. The van der Waals surface area contributed by atoms with Gasteiger partial charge in [0, 0.05) is 5.41 Å². The zero-order valence-electron chi connectivity index (χ0n) is 10.7. The number of benzene rings is 1. The highest BCUT2D eigenvalue weighted by Gasteiger charge is 2.39. The third-order valence-corrected chi connectivity index (χ3v) is 3.76. The minimum absolute atomic E-state index is 0.105. The molecule has 2 N–H and O–H groups in total. The summed E-state index contributed by atoms with van der Waals surface area (Å²) in [6.07, 6.45) is 2.06. The lowest BCUT2D eigenvalue weighted by Gasteiger charge is -2.42. The molecule has 0 saturated carbocycles. The van der Waals surface area contributed by atoms with Gasteiger partial charge < -0.3 is 15.2 Å². The fourth-order valence-corrected chi connectivity index (χ4v) is 2.58. The number of rotatable bonds is 6. The van der Waals surface area contributed by atoms with E-state index in [2.05, 4.69) is 6.07 Å². The van der Waals surface area contributed by atoms with Crippen molar-refractivity contribution in [2.24, 2.45) is 5.73 Å². The van der Waals surface area contributed by atoms with E-state index in [0.29, 0.717) is 18.2 Å². The van der Waals surface area contributed by atoms with Crippen LogP contribution in [0.4, 0.5) is 0 Å². The molecule has 1 aromatic carbocycles. The van der Waals surface area contributed by atoms with Crippen LogP contribution in [0.3, 0.4) is 0 Å². The second-order valence-electron chi connectivity index (χ2n) is 4.74. The third kappa shape index (κ3) is 2.63. The Morgan fingerprint density at radius 1 is 1.44 bits per heavy atom. The quantitative estimate of drug-likeness (QED) is 0.864. The summed E-state index contributed by atoms with van der Waals surface area (Å²) < 4.78 is 10.8. The second kappa shape index (κ2) is 5.91. The van der Waals surface area contributed by atoms with Gasteiger partial charge in [-0.15, -0.1) is 0 Å². The summed E-state index contributed by atoms with van der Waals surface area (Å²) in [5, 5.41) is 0.674. The van der Waals surface area contributed by atoms with Gasteiger partial charge in [0.2, 0.25) is 0 Å². The first kappa shape index (κ1) is 13.7. The smallest absolute Gasteiger partial charge is 0.137 e. The van der Waals surface area contributed by atoms with Crippen LogP contribution in [0.2, 0.25) is 5.02 Å².